The molecule has 1 nitrogen and oxygen atoms in total. The van der Waals surface area contributed by atoms with Crippen molar-refractivity contribution in [2.24, 2.45) is 23.7 Å². The van der Waals surface area contributed by atoms with Crippen molar-refractivity contribution in [3.05, 3.63) is 0 Å². The van der Waals surface area contributed by atoms with E-state index in [0.29, 0.717) is 0 Å². The molecule has 1 unspecified atom stereocenters. The number of rotatable bonds is 5. The molecule has 2 aliphatic rings. The number of hydrogen-bond donors (Lipinski definition) is 1. The first-order valence-electron chi connectivity index (χ1n) is 8.91. The first-order chi connectivity index (χ1) is 9.24. The van der Waals surface area contributed by atoms with E-state index in [9.17, 15) is 0 Å². The second kappa shape index (κ2) is 7.67. The molecule has 2 aliphatic carbocycles. The lowest BCUT2D eigenvalue weighted by Crippen LogP contribution is -2.43. The van der Waals surface area contributed by atoms with Gasteiger partial charge >= 0.3 is 0 Å². The van der Waals surface area contributed by atoms with Gasteiger partial charge < -0.3 is 5.32 Å². The van der Waals surface area contributed by atoms with Crippen LogP contribution in [0, 0.1) is 23.7 Å². The Morgan fingerprint density at radius 1 is 0.895 bits per heavy atom. The van der Waals surface area contributed by atoms with Crippen LogP contribution in [0.15, 0.2) is 0 Å². The average Bonchev–Trinajstić information content (AvgIpc) is 2.44. The van der Waals surface area contributed by atoms with Crippen LogP contribution in [0.1, 0.15) is 78.1 Å². The summed E-state index contributed by atoms with van der Waals surface area (Å²) in [7, 11) is 2.21. The minimum absolute atomic E-state index is 0.815. The van der Waals surface area contributed by atoms with Crippen molar-refractivity contribution in [1.29, 1.82) is 0 Å². The summed E-state index contributed by atoms with van der Waals surface area (Å²) >= 11 is 0. The third kappa shape index (κ3) is 4.21. The third-order valence-corrected chi connectivity index (χ3v) is 6.00. The molecule has 0 radical (unpaired) electrons. The highest BCUT2D eigenvalue weighted by atomic mass is 14.9. The van der Waals surface area contributed by atoms with Crippen LogP contribution in [-0.4, -0.2) is 13.1 Å². The Morgan fingerprint density at radius 3 is 1.89 bits per heavy atom. The minimum Gasteiger partial charge on any atom is -0.316 e. The van der Waals surface area contributed by atoms with E-state index in [1.807, 2.05) is 0 Å². The van der Waals surface area contributed by atoms with Crippen molar-refractivity contribution in [2.45, 2.75) is 84.1 Å². The van der Waals surface area contributed by atoms with E-state index < -0.39 is 0 Å². The highest BCUT2D eigenvalue weighted by Gasteiger charge is 2.33. The smallest absolute Gasteiger partial charge is 0.0121 e. The summed E-state index contributed by atoms with van der Waals surface area (Å²) in [5.74, 6) is 3.96. The summed E-state index contributed by atoms with van der Waals surface area (Å²) in [5.41, 5.74) is 0. The average molecular weight is 265 g/mol. The summed E-state index contributed by atoms with van der Waals surface area (Å²) in [6.45, 7) is 4.77. The molecule has 0 amide bonds. The van der Waals surface area contributed by atoms with E-state index in [-0.39, 0.29) is 0 Å². The van der Waals surface area contributed by atoms with Crippen LogP contribution in [0.4, 0.5) is 0 Å². The third-order valence-electron chi connectivity index (χ3n) is 6.00. The van der Waals surface area contributed by atoms with Crippen LogP contribution in [0.5, 0.6) is 0 Å². The molecule has 1 N–H and O–H groups in total. The normalized spacial score (nSPS) is 38.1. The van der Waals surface area contributed by atoms with Gasteiger partial charge in [-0.1, -0.05) is 52.4 Å². The van der Waals surface area contributed by atoms with E-state index in [1.54, 1.807) is 0 Å². The molecular weight excluding hydrogens is 230 g/mol. The van der Waals surface area contributed by atoms with Crippen molar-refractivity contribution >= 4 is 0 Å². The topological polar surface area (TPSA) is 12.0 Å². The van der Waals surface area contributed by atoms with Gasteiger partial charge in [0, 0.05) is 6.04 Å². The van der Waals surface area contributed by atoms with E-state index >= 15 is 0 Å². The molecule has 0 aromatic carbocycles. The largest absolute Gasteiger partial charge is 0.316 e. The Kier molecular flexibility index (Phi) is 6.19. The van der Waals surface area contributed by atoms with Crippen LogP contribution in [0.25, 0.3) is 0 Å². The Labute approximate surface area is 120 Å². The molecule has 1 heteroatoms. The maximum atomic E-state index is 3.70. The van der Waals surface area contributed by atoms with Crippen molar-refractivity contribution in [3.8, 4) is 0 Å². The van der Waals surface area contributed by atoms with Crippen molar-refractivity contribution in [3.63, 3.8) is 0 Å². The van der Waals surface area contributed by atoms with Gasteiger partial charge in [0.2, 0.25) is 0 Å². The Hall–Kier alpha value is -0.0400. The second-order valence-corrected chi connectivity index (χ2v) is 7.40. The van der Waals surface area contributed by atoms with Gasteiger partial charge in [0.05, 0.1) is 0 Å². The van der Waals surface area contributed by atoms with Gasteiger partial charge in [0.25, 0.3) is 0 Å². The number of hydrogen-bond acceptors (Lipinski definition) is 1. The predicted octanol–water partition coefficient (Wildman–Crippen LogP) is 5.01. The van der Waals surface area contributed by atoms with E-state index in [2.05, 4.69) is 26.2 Å². The quantitative estimate of drug-likeness (QED) is 0.737. The highest BCUT2D eigenvalue weighted by molar-refractivity contribution is 4.88. The van der Waals surface area contributed by atoms with Gasteiger partial charge in [0.1, 0.15) is 0 Å². The molecule has 0 aromatic rings. The Balaban J connectivity index is 1.82. The number of nitrogens with one attached hydrogen (secondary N) is 1. The fraction of sp³-hybridized carbons (Fsp3) is 1.00. The highest BCUT2D eigenvalue weighted by Crippen LogP contribution is 2.39. The van der Waals surface area contributed by atoms with Crippen LogP contribution < -0.4 is 5.32 Å². The summed E-state index contributed by atoms with van der Waals surface area (Å²) < 4.78 is 0. The zero-order chi connectivity index (χ0) is 13.7. The second-order valence-electron chi connectivity index (χ2n) is 7.40. The molecule has 19 heavy (non-hydrogen) atoms. The lowest BCUT2D eigenvalue weighted by Gasteiger charge is -2.40. The Morgan fingerprint density at radius 2 is 1.42 bits per heavy atom. The van der Waals surface area contributed by atoms with Gasteiger partial charge in [-0.25, -0.2) is 0 Å². The molecule has 0 spiro atoms. The van der Waals surface area contributed by atoms with Gasteiger partial charge in [-0.15, -0.1) is 0 Å². The van der Waals surface area contributed by atoms with Crippen LogP contribution in [0.3, 0.4) is 0 Å². The molecule has 0 bridgehead atoms. The van der Waals surface area contributed by atoms with Crippen LogP contribution in [0.2, 0.25) is 0 Å². The lowest BCUT2D eigenvalue weighted by atomic mass is 9.70. The molecule has 0 aromatic heterocycles. The molecule has 2 rings (SSSR count). The summed E-state index contributed by atoms with van der Waals surface area (Å²) in [5, 5.41) is 3.70. The summed E-state index contributed by atoms with van der Waals surface area (Å²) in [6, 6.07) is 0.815. The van der Waals surface area contributed by atoms with E-state index in [4.69, 9.17) is 0 Å². The Bertz CT molecular complexity index is 234. The van der Waals surface area contributed by atoms with Gasteiger partial charge in [-0.05, 0) is 56.4 Å². The predicted molar refractivity (Wildman–Crippen MR) is 84.3 cm³/mol. The first kappa shape index (κ1) is 15.4. The van der Waals surface area contributed by atoms with E-state index in [0.717, 1.165) is 29.7 Å². The van der Waals surface area contributed by atoms with Gasteiger partial charge in [0.15, 0.2) is 0 Å². The van der Waals surface area contributed by atoms with Gasteiger partial charge in [-0.2, -0.15) is 0 Å². The maximum Gasteiger partial charge on any atom is 0.0121 e. The molecule has 0 saturated heterocycles. The molecular formula is C18H35N. The molecule has 0 heterocycles. The van der Waals surface area contributed by atoms with E-state index in [1.165, 1.54) is 64.2 Å². The zero-order valence-corrected chi connectivity index (χ0v) is 13.5. The van der Waals surface area contributed by atoms with Crippen molar-refractivity contribution in [1.82, 2.24) is 5.32 Å². The lowest BCUT2D eigenvalue weighted by molar-refractivity contribution is 0.144. The first-order valence-corrected chi connectivity index (χ1v) is 8.91. The fourth-order valence-corrected chi connectivity index (χ4v) is 4.75. The zero-order valence-electron chi connectivity index (χ0n) is 13.5. The van der Waals surface area contributed by atoms with Crippen LogP contribution >= 0.6 is 0 Å². The van der Waals surface area contributed by atoms with Crippen LogP contribution in [-0.2, 0) is 0 Å². The van der Waals surface area contributed by atoms with Crippen molar-refractivity contribution < 1.29 is 0 Å². The van der Waals surface area contributed by atoms with Gasteiger partial charge in [-0.3, -0.25) is 0 Å². The molecule has 2 fully saturated rings. The standard InChI is InChI=1S/C18H35N/c1-4-5-15-8-12-17(13-9-15)18(19-3)16-10-6-14(2)7-11-16/h14-19H,4-13H2,1-3H3. The maximum absolute atomic E-state index is 3.70. The molecule has 0 aliphatic heterocycles. The molecule has 112 valence electrons. The monoisotopic (exact) mass is 265 g/mol. The fourth-order valence-electron chi connectivity index (χ4n) is 4.75. The van der Waals surface area contributed by atoms with Crippen molar-refractivity contribution in [2.75, 3.05) is 7.05 Å². The molecule has 2 saturated carbocycles. The summed E-state index contributed by atoms with van der Waals surface area (Å²) in [6.07, 6.45) is 14.7. The molecule has 1 atom stereocenters. The minimum atomic E-state index is 0.815. The SMILES string of the molecule is CCCC1CCC(C(NC)C2CCC(C)CC2)CC1. The summed E-state index contributed by atoms with van der Waals surface area (Å²) in [4.78, 5) is 0.